The zero-order chi connectivity index (χ0) is 8.65. The van der Waals surface area contributed by atoms with Crippen LogP contribution in [-0.4, -0.2) is 24.5 Å². The second-order valence-electron chi connectivity index (χ2n) is 3.47. The van der Waals surface area contributed by atoms with E-state index in [-0.39, 0.29) is 0 Å². The van der Waals surface area contributed by atoms with Crippen LogP contribution in [0.3, 0.4) is 0 Å². The molecule has 1 rings (SSSR count). The third-order valence-electron chi connectivity index (χ3n) is 2.37. The molecule has 0 atom stereocenters. The van der Waals surface area contributed by atoms with Crippen LogP contribution >= 0.6 is 0 Å². The first-order chi connectivity index (χ1) is 5.93. The van der Waals surface area contributed by atoms with Crippen molar-refractivity contribution in [3.05, 3.63) is 19.1 Å². The van der Waals surface area contributed by atoms with Gasteiger partial charge in [-0.25, -0.2) is 0 Å². The summed E-state index contributed by atoms with van der Waals surface area (Å²) in [4.78, 5) is 2.53. The van der Waals surface area contributed by atoms with Crippen LogP contribution in [0.4, 0.5) is 0 Å². The molecule has 0 bridgehead atoms. The summed E-state index contributed by atoms with van der Waals surface area (Å²) in [5.41, 5.74) is 0. The van der Waals surface area contributed by atoms with Gasteiger partial charge in [0.25, 0.3) is 0 Å². The molecule has 0 saturated carbocycles. The maximum Gasteiger partial charge on any atom is 0.0163 e. The SMILES string of the molecule is [CH2]CCCCCN1CC=CCC1. The zero-order valence-corrected chi connectivity index (χ0v) is 7.97. The summed E-state index contributed by atoms with van der Waals surface area (Å²) in [6, 6.07) is 0. The zero-order valence-electron chi connectivity index (χ0n) is 7.97. The summed E-state index contributed by atoms with van der Waals surface area (Å²) in [6.07, 6.45) is 10.9. The number of nitrogens with zero attached hydrogens (tertiary/aromatic N) is 1. The van der Waals surface area contributed by atoms with Gasteiger partial charge in [-0.2, -0.15) is 0 Å². The van der Waals surface area contributed by atoms with Crippen LogP contribution in [0.5, 0.6) is 0 Å². The molecule has 0 amide bonds. The van der Waals surface area contributed by atoms with E-state index in [1.165, 1.54) is 45.3 Å². The molecule has 0 aromatic rings. The number of hydrogen-bond acceptors (Lipinski definition) is 1. The first-order valence-corrected chi connectivity index (χ1v) is 5.10. The van der Waals surface area contributed by atoms with Crippen LogP contribution < -0.4 is 0 Å². The summed E-state index contributed by atoms with van der Waals surface area (Å²) in [6.45, 7) is 7.56. The first-order valence-electron chi connectivity index (χ1n) is 5.10. The summed E-state index contributed by atoms with van der Waals surface area (Å²) in [5.74, 6) is 0. The Balaban J connectivity index is 1.95. The maximum atomic E-state index is 3.85. The molecule has 0 aliphatic carbocycles. The first kappa shape index (κ1) is 9.79. The van der Waals surface area contributed by atoms with Crippen LogP contribution in [0.25, 0.3) is 0 Å². The van der Waals surface area contributed by atoms with E-state index < -0.39 is 0 Å². The Morgan fingerprint density at radius 3 is 2.75 bits per heavy atom. The van der Waals surface area contributed by atoms with Gasteiger partial charge in [0.1, 0.15) is 0 Å². The highest BCUT2D eigenvalue weighted by molar-refractivity contribution is 4.90. The second kappa shape index (κ2) is 6.24. The van der Waals surface area contributed by atoms with Crippen molar-refractivity contribution in [3.63, 3.8) is 0 Å². The van der Waals surface area contributed by atoms with E-state index in [1.54, 1.807) is 0 Å². The minimum absolute atomic E-state index is 1.10. The van der Waals surface area contributed by atoms with Crippen molar-refractivity contribution in [3.8, 4) is 0 Å². The number of unbranched alkanes of at least 4 members (excludes halogenated alkanes) is 3. The van der Waals surface area contributed by atoms with Gasteiger partial charge < -0.3 is 0 Å². The average molecular weight is 166 g/mol. The van der Waals surface area contributed by atoms with Gasteiger partial charge in [-0.05, 0) is 19.4 Å². The molecule has 1 heteroatoms. The molecule has 1 aliphatic rings. The van der Waals surface area contributed by atoms with Crippen molar-refractivity contribution in [1.29, 1.82) is 0 Å². The predicted octanol–water partition coefficient (Wildman–Crippen LogP) is 2.64. The Morgan fingerprint density at radius 2 is 2.08 bits per heavy atom. The molecule has 1 nitrogen and oxygen atoms in total. The van der Waals surface area contributed by atoms with Crippen LogP contribution in [0.1, 0.15) is 32.1 Å². The predicted molar refractivity (Wildman–Crippen MR) is 54.0 cm³/mol. The number of hydrogen-bond donors (Lipinski definition) is 0. The molecule has 0 unspecified atom stereocenters. The van der Waals surface area contributed by atoms with Crippen LogP contribution in [0, 0.1) is 6.92 Å². The van der Waals surface area contributed by atoms with Gasteiger partial charge in [-0.3, -0.25) is 4.90 Å². The van der Waals surface area contributed by atoms with E-state index in [2.05, 4.69) is 24.0 Å². The summed E-state index contributed by atoms with van der Waals surface area (Å²) >= 11 is 0. The summed E-state index contributed by atoms with van der Waals surface area (Å²) < 4.78 is 0. The van der Waals surface area contributed by atoms with E-state index in [0.29, 0.717) is 0 Å². The maximum absolute atomic E-state index is 3.85. The lowest BCUT2D eigenvalue weighted by molar-refractivity contribution is 0.291. The van der Waals surface area contributed by atoms with Gasteiger partial charge in [0.15, 0.2) is 0 Å². The van der Waals surface area contributed by atoms with Crippen molar-refractivity contribution < 1.29 is 0 Å². The van der Waals surface area contributed by atoms with Crippen LogP contribution in [0.2, 0.25) is 0 Å². The molecule has 12 heavy (non-hydrogen) atoms. The van der Waals surface area contributed by atoms with Gasteiger partial charge >= 0.3 is 0 Å². The van der Waals surface area contributed by atoms with Gasteiger partial charge in [0.2, 0.25) is 0 Å². The Hall–Kier alpha value is -0.300. The van der Waals surface area contributed by atoms with Gasteiger partial charge in [-0.1, -0.05) is 38.3 Å². The van der Waals surface area contributed by atoms with Gasteiger partial charge in [-0.15, -0.1) is 0 Å². The van der Waals surface area contributed by atoms with Gasteiger partial charge in [0.05, 0.1) is 0 Å². The lowest BCUT2D eigenvalue weighted by atomic mass is 10.2. The molecule has 1 heterocycles. The smallest absolute Gasteiger partial charge is 0.0163 e. The monoisotopic (exact) mass is 166 g/mol. The Bertz CT molecular complexity index is 129. The molecule has 0 aromatic heterocycles. The normalized spacial score (nSPS) is 18.4. The lowest BCUT2D eigenvalue weighted by Gasteiger charge is -2.22. The third-order valence-corrected chi connectivity index (χ3v) is 2.37. The van der Waals surface area contributed by atoms with Crippen molar-refractivity contribution in [2.24, 2.45) is 0 Å². The molecule has 0 fully saturated rings. The molecular formula is C11H20N. The van der Waals surface area contributed by atoms with E-state index in [1.807, 2.05) is 0 Å². The fourth-order valence-corrected chi connectivity index (χ4v) is 1.58. The third kappa shape index (κ3) is 3.91. The Kier molecular flexibility index (Phi) is 5.09. The molecule has 0 N–H and O–H groups in total. The number of rotatable bonds is 5. The molecule has 0 spiro atoms. The highest BCUT2D eigenvalue weighted by Gasteiger charge is 2.03. The van der Waals surface area contributed by atoms with E-state index in [4.69, 9.17) is 0 Å². The molecule has 0 aromatic carbocycles. The minimum Gasteiger partial charge on any atom is -0.299 e. The fourth-order valence-electron chi connectivity index (χ4n) is 1.58. The molecule has 1 aliphatic heterocycles. The van der Waals surface area contributed by atoms with Crippen molar-refractivity contribution >= 4 is 0 Å². The topological polar surface area (TPSA) is 3.24 Å². The highest BCUT2D eigenvalue weighted by atomic mass is 15.1. The lowest BCUT2D eigenvalue weighted by Crippen LogP contribution is -2.28. The average Bonchev–Trinajstić information content (AvgIpc) is 2.14. The van der Waals surface area contributed by atoms with Gasteiger partial charge in [0, 0.05) is 13.1 Å². The van der Waals surface area contributed by atoms with E-state index in [9.17, 15) is 0 Å². The quantitative estimate of drug-likeness (QED) is 0.448. The fraction of sp³-hybridized carbons (Fsp3) is 0.727. The summed E-state index contributed by atoms with van der Waals surface area (Å²) in [7, 11) is 0. The standard InChI is InChI=1S/C11H20N/c1-2-3-4-6-9-12-10-7-5-8-11-12/h5,7H,1-4,6,8-11H2. The molecule has 69 valence electrons. The summed E-state index contributed by atoms with van der Waals surface area (Å²) in [5, 5.41) is 0. The van der Waals surface area contributed by atoms with Crippen molar-refractivity contribution in [2.45, 2.75) is 32.1 Å². The largest absolute Gasteiger partial charge is 0.299 e. The second-order valence-corrected chi connectivity index (χ2v) is 3.47. The molecular weight excluding hydrogens is 146 g/mol. The van der Waals surface area contributed by atoms with E-state index in [0.717, 1.165) is 6.42 Å². The van der Waals surface area contributed by atoms with Crippen LogP contribution in [-0.2, 0) is 0 Å². The molecule has 0 saturated heterocycles. The highest BCUT2D eigenvalue weighted by Crippen LogP contribution is 2.05. The van der Waals surface area contributed by atoms with Crippen molar-refractivity contribution in [2.75, 3.05) is 19.6 Å². The van der Waals surface area contributed by atoms with Crippen LogP contribution in [0.15, 0.2) is 12.2 Å². The molecule has 1 radical (unpaired) electrons. The van der Waals surface area contributed by atoms with Crippen molar-refractivity contribution in [1.82, 2.24) is 4.90 Å². The minimum atomic E-state index is 1.10. The Labute approximate surface area is 76.5 Å². The Morgan fingerprint density at radius 1 is 1.17 bits per heavy atom. The van der Waals surface area contributed by atoms with E-state index >= 15 is 0 Å².